The number of fused-ring (bicyclic) bond motifs is 2. The van der Waals surface area contributed by atoms with Crippen molar-refractivity contribution in [1.29, 1.82) is 0 Å². The summed E-state index contributed by atoms with van der Waals surface area (Å²) in [7, 11) is 0. The lowest BCUT2D eigenvalue weighted by atomic mass is 9.72. The van der Waals surface area contributed by atoms with E-state index in [9.17, 15) is 14.7 Å². The number of carbonyl (C=O) groups is 2. The number of para-hydroxylation sites is 1. The Morgan fingerprint density at radius 1 is 1.23 bits per heavy atom. The van der Waals surface area contributed by atoms with Gasteiger partial charge in [0.1, 0.15) is 5.82 Å². The average Bonchev–Trinajstić information content (AvgIpc) is 3.18. The van der Waals surface area contributed by atoms with Crippen molar-refractivity contribution in [2.24, 2.45) is 11.8 Å². The van der Waals surface area contributed by atoms with Gasteiger partial charge in [-0.2, -0.15) is 5.10 Å². The fourth-order valence-electron chi connectivity index (χ4n) is 5.35. The van der Waals surface area contributed by atoms with Crippen LogP contribution in [0.2, 0.25) is 0 Å². The predicted octanol–water partition coefficient (Wildman–Crippen LogP) is 3.68. The van der Waals surface area contributed by atoms with E-state index in [1.54, 1.807) is 42.8 Å². The molecule has 3 atom stereocenters. The number of carbonyl (C=O) groups excluding carboxylic acids is 2. The van der Waals surface area contributed by atoms with Crippen LogP contribution in [0.25, 0.3) is 10.9 Å². The van der Waals surface area contributed by atoms with Crippen LogP contribution in [0, 0.1) is 17.7 Å². The fourth-order valence-corrected chi connectivity index (χ4v) is 5.35. The van der Waals surface area contributed by atoms with Crippen molar-refractivity contribution < 1.29 is 19.1 Å². The molecule has 9 heteroatoms. The summed E-state index contributed by atoms with van der Waals surface area (Å²) in [6.45, 7) is 3.54. The summed E-state index contributed by atoms with van der Waals surface area (Å²) < 4.78 is 16.7. The van der Waals surface area contributed by atoms with Crippen LogP contribution in [-0.4, -0.2) is 32.3 Å². The lowest BCUT2D eigenvalue weighted by Gasteiger charge is -2.41. The number of hydrazine groups is 1. The molecule has 0 spiro atoms. The second kappa shape index (κ2) is 9.05. The van der Waals surface area contributed by atoms with E-state index in [1.165, 1.54) is 6.07 Å². The Morgan fingerprint density at radius 3 is 2.77 bits per heavy atom. The van der Waals surface area contributed by atoms with Crippen LogP contribution in [0.3, 0.4) is 0 Å². The van der Waals surface area contributed by atoms with Crippen LogP contribution in [0.1, 0.15) is 61.6 Å². The van der Waals surface area contributed by atoms with Gasteiger partial charge in [0.25, 0.3) is 5.91 Å². The maximum atomic E-state index is 15.1. The highest BCUT2D eigenvalue weighted by Gasteiger charge is 2.40. The zero-order valence-electron chi connectivity index (χ0n) is 19.8. The lowest BCUT2D eigenvalue weighted by molar-refractivity contribution is -0.133. The lowest BCUT2D eigenvalue weighted by Crippen LogP contribution is -2.55. The van der Waals surface area contributed by atoms with Gasteiger partial charge in [-0.05, 0) is 56.4 Å². The summed E-state index contributed by atoms with van der Waals surface area (Å²) in [6.07, 6.45) is 3.84. The molecular formula is C26H30FN5O3. The van der Waals surface area contributed by atoms with Gasteiger partial charge in [-0.1, -0.05) is 37.1 Å². The third-order valence-corrected chi connectivity index (χ3v) is 6.95. The molecule has 1 aromatic heterocycles. The summed E-state index contributed by atoms with van der Waals surface area (Å²) in [5, 5.41) is 17.9. The monoisotopic (exact) mass is 479 g/mol. The maximum Gasteiger partial charge on any atom is 0.276 e. The third-order valence-electron chi connectivity index (χ3n) is 6.95. The second-order valence-electron chi connectivity index (χ2n) is 10.2. The molecule has 2 aliphatic rings. The number of anilines is 1. The number of aromatic nitrogens is 2. The summed E-state index contributed by atoms with van der Waals surface area (Å²) >= 11 is 0. The van der Waals surface area contributed by atoms with Gasteiger partial charge in [-0.25, -0.2) is 9.82 Å². The first kappa shape index (κ1) is 23.4. The summed E-state index contributed by atoms with van der Waals surface area (Å²) in [4.78, 5) is 25.3. The van der Waals surface area contributed by atoms with Crippen molar-refractivity contribution in [3.05, 3.63) is 59.5 Å². The minimum atomic E-state index is -1.02. The van der Waals surface area contributed by atoms with Gasteiger partial charge in [0.05, 0.1) is 29.4 Å². The van der Waals surface area contributed by atoms with Crippen molar-refractivity contribution in [2.75, 3.05) is 5.32 Å². The van der Waals surface area contributed by atoms with E-state index in [0.29, 0.717) is 10.9 Å². The Labute approximate surface area is 202 Å². The van der Waals surface area contributed by atoms with Crippen LogP contribution in [-0.2, 0) is 11.3 Å². The van der Waals surface area contributed by atoms with Crippen LogP contribution in [0.5, 0.6) is 0 Å². The van der Waals surface area contributed by atoms with Gasteiger partial charge in [-0.15, -0.1) is 0 Å². The molecule has 2 amide bonds. The van der Waals surface area contributed by atoms with E-state index in [0.717, 1.165) is 31.2 Å². The fraction of sp³-hybridized carbons (Fsp3) is 0.423. The van der Waals surface area contributed by atoms with Crippen molar-refractivity contribution >= 4 is 28.4 Å². The molecule has 1 saturated carbocycles. The number of hydrogen-bond donors (Lipinski definition) is 4. The topological polar surface area (TPSA) is 108 Å². The molecular weight excluding hydrogens is 449 g/mol. The molecule has 2 fully saturated rings. The van der Waals surface area contributed by atoms with E-state index < -0.39 is 17.3 Å². The molecule has 2 heterocycles. The Bertz CT molecular complexity index is 1280. The Morgan fingerprint density at radius 2 is 2.00 bits per heavy atom. The Balaban J connectivity index is 1.38. The van der Waals surface area contributed by atoms with Gasteiger partial charge in [0.2, 0.25) is 5.91 Å². The first-order valence-corrected chi connectivity index (χ1v) is 12.1. The van der Waals surface area contributed by atoms with Crippen molar-refractivity contribution in [3.63, 3.8) is 0 Å². The standard InChI is InChI=1S/C26H30FN5O3/c1-26(2,35)14-32-21-10-6-5-9-18(21)23(31-32)25(34)28-20-12-11-15(13-19(20)27)22-16-7-3-4-8-17(16)24(33)30-29-22/h5-6,9-13,16-17,22,29,35H,3-4,7-8,14H2,1-2H3,(H,28,34)(H,30,33). The van der Waals surface area contributed by atoms with E-state index in [-0.39, 0.29) is 41.7 Å². The predicted molar refractivity (Wildman–Crippen MR) is 130 cm³/mol. The van der Waals surface area contributed by atoms with Crippen molar-refractivity contribution in [1.82, 2.24) is 20.6 Å². The number of amides is 2. The summed E-state index contributed by atoms with van der Waals surface area (Å²) in [5.41, 5.74) is 6.44. The molecule has 35 heavy (non-hydrogen) atoms. The van der Waals surface area contributed by atoms with E-state index >= 15 is 4.39 Å². The number of hydrogen-bond acceptors (Lipinski definition) is 5. The number of halogens is 1. The number of nitrogens with one attached hydrogen (secondary N) is 3. The molecule has 184 valence electrons. The van der Waals surface area contributed by atoms with Gasteiger partial charge in [0, 0.05) is 11.3 Å². The highest BCUT2D eigenvalue weighted by Crippen LogP contribution is 2.41. The highest BCUT2D eigenvalue weighted by molar-refractivity contribution is 6.11. The quantitative estimate of drug-likeness (QED) is 0.447. The molecule has 3 unspecified atom stereocenters. The molecule has 0 radical (unpaired) electrons. The number of benzene rings is 2. The van der Waals surface area contributed by atoms with Gasteiger partial charge in [0.15, 0.2) is 5.69 Å². The van der Waals surface area contributed by atoms with Gasteiger partial charge < -0.3 is 10.4 Å². The largest absolute Gasteiger partial charge is 0.389 e. The van der Waals surface area contributed by atoms with E-state index in [2.05, 4.69) is 21.3 Å². The molecule has 4 N–H and O–H groups in total. The Hall–Kier alpha value is -3.30. The molecule has 1 saturated heterocycles. The summed E-state index contributed by atoms with van der Waals surface area (Å²) in [5.74, 6) is -1.03. The first-order valence-electron chi connectivity index (χ1n) is 12.1. The normalized spacial score (nSPS) is 22.5. The van der Waals surface area contributed by atoms with Gasteiger partial charge >= 0.3 is 0 Å². The van der Waals surface area contributed by atoms with Crippen LogP contribution in [0.15, 0.2) is 42.5 Å². The van der Waals surface area contributed by atoms with E-state index in [4.69, 9.17) is 0 Å². The second-order valence-corrected chi connectivity index (χ2v) is 10.2. The van der Waals surface area contributed by atoms with E-state index in [1.807, 2.05) is 12.1 Å². The molecule has 5 rings (SSSR count). The van der Waals surface area contributed by atoms with Crippen molar-refractivity contribution in [2.45, 2.75) is 57.7 Å². The number of nitrogens with zero attached hydrogens (tertiary/aromatic N) is 2. The Kier molecular flexibility index (Phi) is 6.06. The molecule has 8 nitrogen and oxygen atoms in total. The zero-order valence-corrected chi connectivity index (χ0v) is 19.8. The summed E-state index contributed by atoms with van der Waals surface area (Å²) in [6, 6.07) is 11.8. The third kappa shape index (κ3) is 4.66. The SMILES string of the molecule is CC(C)(O)Cn1nc(C(=O)Nc2ccc(C3NNC(=O)C4CCCCC43)cc2F)c2ccccc21. The molecule has 2 aromatic carbocycles. The zero-order chi connectivity index (χ0) is 24.7. The molecule has 1 aliphatic carbocycles. The van der Waals surface area contributed by atoms with Crippen molar-refractivity contribution in [3.8, 4) is 0 Å². The highest BCUT2D eigenvalue weighted by atomic mass is 19.1. The smallest absolute Gasteiger partial charge is 0.276 e. The minimum absolute atomic E-state index is 0.00607. The minimum Gasteiger partial charge on any atom is -0.389 e. The average molecular weight is 480 g/mol. The number of rotatable bonds is 5. The maximum absolute atomic E-state index is 15.1. The number of aliphatic hydroxyl groups is 1. The molecule has 3 aromatic rings. The van der Waals surface area contributed by atoms with Crippen LogP contribution in [0.4, 0.5) is 10.1 Å². The van der Waals surface area contributed by atoms with Gasteiger partial charge in [-0.3, -0.25) is 19.7 Å². The van der Waals surface area contributed by atoms with Crippen LogP contribution >= 0.6 is 0 Å². The molecule has 0 bridgehead atoms. The molecule has 1 aliphatic heterocycles. The first-order chi connectivity index (χ1) is 16.7. The van der Waals surface area contributed by atoms with Crippen LogP contribution < -0.4 is 16.2 Å².